The Hall–Kier alpha value is -1.27. The molecular formula is C9H9N3OS2. The molecule has 0 saturated heterocycles. The molecule has 2 aromatic rings. The van der Waals surface area contributed by atoms with Crippen molar-refractivity contribution in [2.24, 2.45) is 0 Å². The van der Waals surface area contributed by atoms with Crippen molar-refractivity contribution < 1.29 is 5.11 Å². The molecule has 0 atom stereocenters. The van der Waals surface area contributed by atoms with Crippen LogP contribution in [0.5, 0.6) is 5.75 Å². The number of nitrogens with two attached hydrogens (primary N) is 1. The highest BCUT2D eigenvalue weighted by molar-refractivity contribution is 8.00. The third-order valence-electron chi connectivity index (χ3n) is 1.82. The Kier molecular flexibility index (Phi) is 3.08. The minimum atomic E-state index is 0.233. The van der Waals surface area contributed by atoms with Crippen molar-refractivity contribution in [3.05, 3.63) is 30.1 Å². The van der Waals surface area contributed by atoms with Crippen molar-refractivity contribution in [1.29, 1.82) is 0 Å². The first-order valence-corrected chi connectivity index (χ1v) is 5.98. The summed E-state index contributed by atoms with van der Waals surface area (Å²) in [6, 6.07) is 4.95. The van der Waals surface area contributed by atoms with Gasteiger partial charge in [-0.15, -0.1) is 0 Å². The first kappa shape index (κ1) is 10.3. The Labute approximate surface area is 95.3 Å². The molecule has 0 fully saturated rings. The molecule has 1 aromatic heterocycles. The average Bonchev–Trinajstić information content (AvgIpc) is 2.72. The lowest BCUT2D eigenvalue weighted by molar-refractivity contribution is 0.475. The monoisotopic (exact) mass is 239 g/mol. The minimum absolute atomic E-state index is 0.233. The van der Waals surface area contributed by atoms with Crippen molar-refractivity contribution >= 4 is 29.0 Å². The molecule has 1 heterocycles. The van der Waals surface area contributed by atoms with Gasteiger partial charge in [-0.05, 0) is 35.3 Å². The van der Waals surface area contributed by atoms with Crippen LogP contribution in [0, 0.1) is 0 Å². The van der Waals surface area contributed by atoms with Crippen molar-refractivity contribution in [1.82, 2.24) is 9.36 Å². The van der Waals surface area contributed by atoms with Gasteiger partial charge in [0.25, 0.3) is 0 Å². The number of phenols is 1. The van der Waals surface area contributed by atoms with Gasteiger partial charge in [-0.1, -0.05) is 11.8 Å². The van der Waals surface area contributed by atoms with E-state index >= 15 is 0 Å². The number of benzene rings is 1. The maximum Gasteiger partial charge on any atom is 0.170 e. The van der Waals surface area contributed by atoms with Gasteiger partial charge in [0, 0.05) is 11.4 Å². The number of hydrogen-bond donors (Lipinski definition) is 2. The largest absolute Gasteiger partial charge is 0.508 e. The van der Waals surface area contributed by atoms with Crippen molar-refractivity contribution in [3.8, 4) is 5.75 Å². The van der Waals surface area contributed by atoms with Crippen LogP contribution in [0.3, 0.4) is 0 Å². The summed E-state index contributed by atoms with van der Waals surface area (Å²) >= 11 is 2.91. The van der Waals surface area contributed by atoms with Gasteiger partial charge < -0.3 is 10.8 Å². The van der Waals surface area contributed by atoms with E-state index < -0.39 is 0 Å². The molecule has 0 saturated carbocycles. The Balaban J connectivity index is 2.07. The molecule has 0 aliphatic rings. The highest BCUT2D eigenvalue weighted by atomic mass is 32.2. The summed E-state index contributed by atoms with van der Waals surface area (Å²) in [4.78, 5) is 4.05. The second-order valence-corrected chi connectivity index (χ2v) is 4.88. The predicted molar refractivity (Wildman–Crippen MR) is 62.0 cm³/mol. The topological polar surface area (TPSA) is 72.0 Å². The zero-order valence-electron chi connectivity index (χ0n) is 7.75. The average molecular weight is 239 g/mol. The van der Waals surface area contributed by atoms with Crippen LogP contribution in [0.4, 0.5) is 5.69 Å². The molecule has 6 heteroatoms. The van der Waals surface area contributed by atoms with Gasteiger partial charge in [-0.3, -0.25) is 0 Å². The predicted octanol–water partition coefficient (Wildman–Crippen LogP) is 2.12. The Morgan fingerprint density at radius 3 is 3.07 bits per heavy atom. The molecule has 0 aliphatic carbocycles. The molecule has 4 nitrogen and oxygen atoms in total. The third kappa shape index (κ3) is 2.60. The molecule has 0 unspecified atom stereocenters. The Morgan fingerprint density at radius 2 is 2.33 bits per heavy atom. The molecule has 3 N–H and O–H groups in total. The highest BCUT2D eigenvalue weighted by Crippen LogP contribution is 2.27. The molecule has 0 spiro atoms. The van der Waals surface area contributed by atoms with E-state index in [4.69, 9.17) is 5.73 Å². The summed E-state index contributed by atoms with van der Waals surface area (Å²) < 4.78 is 4.80. The summed E-state index contributed by atoms with van der Waals surface area (Å²) in [5.41, 5.74) is 7.37. The van der Waals surface area contributed by atoms with Gasteiger partial charge in [0.05, 0.1) is 0 Å². The van der Waals surface area contributed by atoms with Crippen molar-refractivity contribution in [3.63, 3.8) is 0 Å². The number of nitrogen functional groups attached to an aromatic ring is 1. The number of anilines is 1. The maximum atomic E-state index is 9.30. The van der Waals surface area contributed by atoms with E-state index in [0.717, 1.165) is 9.90 Å². The van der Waals surface area contributed by atoms with Gasteiger partial charge in [-0.25, -0.2) is 4.98 Å². The number of thioether (sulfide) groups is 1. The van der Waals surface area contributed by atoms with E-state index in [1.807, 2.05) is 0 Å². The van der Waals surface area contributed by atoms with Crippen LogP contribution in [-0.2, 0) is 5.75 Å². The fraction of sp³-hybridized carbons (Fsp3) is 0.111. The maximum absolute atomic E-state index is 9.30. The van der Waals surface area contributed by atoms with Crippen LogP contribution in [-0.4, -0.2) is 14.5 Å². The van der Waals surface area contributed by atoms with Crippen molar-refractivity contribution in [2.75, 3.05) is 5.73 Å². The number of nitrogens with zero attached hydrogens (tertiary/aromatic N) is 2. The molecule has 0 amide bonds. The highest BCUT2D eigenvalue weighted by Gasteiger charge is 2.03. The standard InChI is InChI=1S/C9H9N3OS2/c10-8-2-1-7(13)3-6(8)4-14-9-11-5-12-15-9/h1-3,5,13H,4,10H2. The quantitative estimate of drug-likeness (QED) is 0.487. The summed E-state index contributed by atoms with van der Waals surface area (Å²) in [6.07, 6.45) is 1.53. The fourth-order valence-electron chi connectivity index (χ4n) is 1.08. The molecular weight excluding hydrogens is 230 g/mol. The van der Waals surface area contributed by atoms with Gasteiger partial charge in [0.2, 0.25) is 0 Å². The molecule has 0 bridgehead atoms. The Morgan fingerprint density at radius 1 is 1.47 bits per heavy atom. The van der Waals surface area contributed by atoms with Gasteiger partial charge in [0.15, 0.2) is 4.34 Å². The van der Waals surface area contributed by atoms with Gasteiger partial charge in [0.1, 0.15) is 12.1 Å². The van der Waals surface area contributed by atoms with Crippen LogP contribution in [0.15, 0.2) is 28.9 Å². The number of aromatic nitrogens is 2. The lowest BCUT2D eigenvalue weighted by Crippen LogP contribution is -1.91. The zero-order chi connectivity index (χ0) is 10.7. The summed E-state index contributed by atoms with van der Waals surface area (Å²) in [7, 11) is 0. The summed E-state index contributed by atoms with van der Waals surface area (Å²) in [5, 5.41) is 9.30. The first-order chi connectivity index (χ1) is 7.25. The SMILES string of the molecule is Nc1ccc(O)cc1CSc1ncns1. The van der Waals surface area contributed by atoms with E-state index in [1.54, 1.807) is 30.0 Å². The van der Waals surface area contributed by atoms with Gasteiger partial charge in [-0.2, -0.15) is 4.37 Å². The van der Waals surface area contributed by atoms with Crippen molar-refractivity contribution in [2.45, 2.75) is 10.1 Å². The molecule has 0 radical (unpaired) electrons. The fourth-order valence-corrected chi connectivity index (χ4v) is 2.53. The Bertz CT molecular complexity index is 445. The van der Waals surface area contributed by atoms with E-state index in [0.29, 0.717) is 11.4 Å². The van der Waals surface area contributed by atoms with Gasteiger partial charge >= 0.3 is 0 Å². The molecule has 2 rings (SSSR count). The van der Waals surface area contributed by atoms with Crippen LogP contribution in [0.25, 0.3) is 0 Å². The molecule has 15 heavy (non-hydrogen) atoms. The minimum Gasteiger partial charge on any atom is -0.508 e. The first-order valence-electron chi connectivity index (χ1n) is 4.22. The van der Waals surface area contributed by atoms with E-state index in [9.17, 15) is 5.11 Å². The third-order valence-corrected chi connectivity index (χ3v) is 3.66. The number of phenolic OH excluding ortho intramolecular Hbond substituents is 1. The van der Waals surface area contributed by atoms with E-state index in [2.05, 4.69) is 9.36 Å². The lowest BCUT2D eigenvalue weighted by atomic mass is 10.2. The second kappa shape index (κ2) is 4.50. The molecule has 0 aliphatic heterocycles. The number of aromatic hydroxyl groups is 1. The zero-order valence-corrected chi connectivity index (χ0v) is 9.38. The smallest absolute Gasteiger partial charge is 0.170 e. The van der Waals surface area contributed by atoms with Crippen LogP contribution in [0.2, 0.25) is 0 Å². The molecule has 1 aromatic carbocycles. The van der Waals surface area contributed by atoms with E-state index in [1.165, 1.54) is 17.9 Å². The number of rotatable bonds is 3. The lowest BCUT2D eigenvalue weighted by Gasteiger charge is -2.04. The van der Waals surface area contributed by atoms with E-state index in [-0.39, 0.29) is 5.75 Å². The second-order valence-electron chi connectivity index (χ2n) is 2.88. The van der Waals surface area contributed by atoms with Crippen LogP contribution < -0.4 is 5.73 Å². The molecule has 78 valence electrons. The summed E-state index contributed by atoms with van der Waals surface area (Å²) in [5.74, 6) is 0.923. The number of hydrogen-bond acceptors (Lipinski definition) is 6. The normalized spacial score (nSPS) is 10.4. The van der Waals surface area contributed by atoms with Crippen LogP contribution in [0.1, 0.15) is 5.56 Å². The van der Waals surface area contributed by atoms with Crippen LogP contribution >= 0.6 is 23.3 Å². The summed E-state index contributed by atoms with van der Waals surface area (Å²) in [6.45, 7) is 0.